The van der Waals surface area contributed by atoms with Crippen LogP contribution in [0.25, 0.3) is 218 Å². The van der Waals surface area contributed by atoms with Crippen molar-refractivity contribution in [2.45, 2.75) is 0 Å². The van der Waals surface area contributed by atoms with Crippen LogP contribution in [0.1, 0.15) is 50.1 Å². The van der Waals surface area contributed by atoms with Gasteiger partial charge in [0.2, 0.25) is 0 Å². The van der Waals surface area contributed by atoms with E-state index in [1.54, 1.807) is 18.2 Å². The van der Waals surface area contributed by atoms with E-state index in [2.05, 4.69) is 514 Å². The smallest absolute Gasteiger partial charge is 0.00204 e. The SMILES string of the molecule is C=C/C=C\c1ccc2ccccc2c1.C=C/C=C\c1ccc2ccccc2c1.C=C/C=C\c1ccccc1.C=Cc1c(C=C)c(-c2cccc3ccccc23)c2ccccc2c1-c1ccc2ccccc2c1.C=Cc1cccc(-c2c(C=C)c(C=C)c(-c3ccccccccc3)c3ccccc23)c1C=C.c1ccc2cc3ccccc3cc2c1.c1ccc2cc3ccccc3cc2c1.c1ccc2ccccc2c1. The number of allylic oxidation sites excluding steroid dienone is 6. The summed E-state index contributed by atoms with van der Waals surface area (Å²) in [6.07, 6.45) is 29.0. The molecule has 0 saturated carbocycles. The predicted octanol–water partition coefficient (Wildman–Crippen LogP) is 41.4. The molecule has 0 N–H and O–H groups in total. The molecule has 23 aromatic rings. The van der Waals surface area contributed by atoms with E-state index in [0.29, 0.717) is 0 Å². The molecule has 0 fully saturated rings. The summed E-state index contributed by atoms with van der Waals surface area (Å²) in [5, 5.41) is 28.0. The van der Waals surface area contributed by atoms with Gasteiger partial charge in [-0.2, -0.15) is 0 Å². The van der Waals surface area contributed by atoms with Crippen molar-refractivity contribution in [3.63, 3.8) is 0 Å². The van der Waals surface area contributed by atoms with Gasteiger partial charge in [-0.25, -0.2) is 0 Å². The highest BCUT2D eigenvalue weighted by atomic mass is 14.3. The van der Waals surface area contributed by atoms with Gasteiger partial charge in [0.25, 0.3) is 0 Å². The second-order valence-electron chi connectivity index (χ2n) is 34.4. The second-order valence-corrected chi connectivity index (χ2v) is 34.4. The summed E-state index contributed by atoms with van der Waals surface area (Å²) in [7, 11) is 0. The molecule has 23 rings (SSSR count). The van der Waals surface area contributed by atoms with Gasteiger partial charge >= 0.3 is 0 Å². The average molecular weight is 1840 g/mol. The van der Waals surface area contributed by atoms with Crippen LogP contribution in [-0.4, -0.2) is 0 Å². The van der Waals surface area contributed by atoms with Gasteiger partial charge in [0.05, 0.1) is 0 Å². The fraction of sp³-hybridized carbons (Fsp3) is 0. The van der Waals surface area contributed by atoms with Gasteiger partial charge in [-0.05, 0) is 256 Å². The summed E-state index contributed by atoms with van der Waals surface area (Å²) in [5.74, 6) is 0. The highest BCUT2D eigenvalue weighted by Gasteiger charge is 2.23. The van der Waals surface area contributed by atoms with Crippen LogP contribution < -0.4 is 0 Å². The quantitative estimate of drug-likeness (QED) is 0.0668. The predicted molar refractivity (Wildman–Crippen MR) is 642 cm³/mol. The Hall–Kier alpha value is -18.7. The number of hydrogen-bond acceptors (Lipinski definition) is 0. The first-order valence-electron chi connectivity index (χ1n) is 48.6. The summed E-state index contributed by atoms with van der Waals surface area (Å²) in [6.45, 7) is 35.9. The Labute approximate surface area is 848 Å². The molecular weight excluding hydrogens is 1730 g/mol. The third kappa shape index (κ3) is 24.1. The topological polar surface area (TPSA) is 0 Å². The number of hydrogen-bond donors (Lipinski definition) is 0. The molecule has 0 bridgehead atoms. The van der Waals surface area contributed by atoms with Crippen LogP contribution in [-0.2, 0) is 0 Å². The molecule has 0 unspecified atom stereocenters. The van der Waals surface area contributed by atoms with Gasteiger partial charge < -0.3 is 0 Å². The molecule has 23 aromatic carbocycles. The highest BCUT2D eigenvalue weighted by molar-refractivity contribution is 6.17. The Morgan fingerprint density at radius 2 is 0.389 bits per heavy atom. The summed E-state index contributed by atoms with van der Waals surface area (Å²) in [6, 6.07) is 172. The third-order valence-electron chi connectivity index (χ3n) is 25.4. The maximum atomic E-state index is 4.25. The van der Waals surface area contributed by atoms with Crippen molar-refractivity contribution < 1.29 is 0 Å². The van der Waals surface area contributed by atoms with Gasteiger partial charge in [0.1, 0.15) is 0 Å². The highest BCUT2D eigenvalue weighted by Crippen LogP contribution is 2.48. The lowest BCUT2D eigenvalue weighted by molar-refractivity contribution is 1.56. The molecule has 0 saturated heterocycles. The summed E-state index contributed by atoms with van der Waals surface area (Å²) in [5.41, 5.74) is 19.4. The molecule has 0 aliphatic heterocycles. The number of benzene rings is 22. The van der Waals surface area contributed by atoms with Crippen LogP contribution >= 0.6 is 0 Å². The molecule has 0 atom stereocenters. The fourth-order valence-electron chi connectivity index (χ4n) is 18.5. The minimum atomic E-state index is 1.05. The zero-order valence-electron chi connectivity index (χ0n) is 81.3. The van der Waals surface area contributed by atoms with Gasteiger partial charge in [0, 0.05) is 0 Å². The van der Waals surface area contributed by atoms with E-state index in [1.807, 2.05) is 109 Å². The van der Waals surface area contributed by atoms with Crippen LogP contribution in [0.5, 0.6) is 0 Å². The van der Waals surface area contributed by atoms with E-state index in [-0.39, 0.29) is 0 Å². The first kappa shape index (κ1) is 98.3. The van der Waals surface area contributed by atoms with Crippen molar-refractivity contribution in [3.8, 4) is 44.5 Å². The van der Waals surface area contributed by atoms with E-state index >= 15 is 0 Å². The second kappa shape index (κ2) is 50.0. The molecule has 0 amide bonds. The Kier molecular flexibility index (Phi) is 34.2. The van der Waals surface area contributed by atoms with E-state index in [4.69, 9.17) is 0 Å². The number of rotatable bonds is 16. The maximum absolute atomic E-state index is 4.25. The molecular formula is C144H114. The largest absolute Gasteiger partial charge is 0.0991 e. The van der Waals surface area contributed by atoms with E-state index in [0.717, 1.165) is 66.4 Å². The third-order valence-corrected chi connectivity index (χ3v) is 25.4. The normalized spacial score (nSPS) is 10.7. The first-order chi connectivity index (χ1) is 71.1. The molecule has 0 heteroatoms. The Morgan fingerprint density at radius 1 is 0.139 bits per heavy atom. The van der Waals surface area contributed by atoms with Crippen molar-refractivity contribution >= 4 is 173 Å². The van der Waals surface area contributed by atoms with Crippen LogP contribution in [0.4, 0.5) is 0 Å². The lowest BCUT2D eigenvalue weighted by Crippen LogP contribution is -1.97. The van der Waals surface area contributed by atoms with E-state index < -0.39 is 0 Å². The summed E-state index contributed by atoms with van der Waals surface area (Å²) in [4.78, 5) is 0. The maximum Gasteiger partial charge on any atom is -0.00204 e. The van der Waals surface area contributed by atoms with Gasteiger partial charge in [-0.1, -0.05) is 599 Å². The standard InChI is InChI=1S/C34H24.C34H28.2C14H10.2C14H12.C10H8.C10H10/c1-3-27-28(4-2)34(30-19-11-15-24-13-7-8-16-29(24)30)32-18-10-9-17-31(32)33(27)26-21-20-23-12-5-6-14-25(23)22-26;1-5-25-21-18-24-30(27(25)6-2)34-29(8-4)28(7-3)33(31-22-16-17-23-32(31)34)26-19-14-12-10-9-11-13-15-20-26;2*1-2-6-12-10-14-8-4-3-7-13(14)9-11(12)5-1;2*1-2-3-6-12-9-10-13-7-4-5-8-14(13)11-12;1-2-6-10-8-4-3-7-9(10)5-1;1-2-3-7-10-8-5-4-6-9-10/h3-22H,1-2H2;5-24H,1-4H2;2*1-10H;2*2-11H,1H2;1-8H;2-9H,1H2/b;;;;2*6-3-;;7-3-. The molecule has 0 spiro atoms. The van der Waals surface area contributed by atoms with Crippen molar-refractivity contribution in [1.29, 1.82) is 0 Å². The summed E-state index contributed by atoms with van der Waals surface area (Å²) < 4.78 is 0. The number of fused-ring (bicyclic) bond motifs is 11. The zero-order chi connectivity index (χ0) is 99.4. The lowest BCUT2D eigenvalue weighted by Gasteiger charge is -2.21. The molecule has 0 aliphatic carbocycles. The van der Waals surface area contributed by atoms with Crippen LogP contribution in [0.15, 0.2) is 587 Å². The minimum absolute atomic E-state index is 1.05. The monoisotopic (exact) mass is 1840 g/mol. The minimum Gasteiger partial charge on any atom is -0.0991 e. The Bertz CT molecular complexity index is 8250. The van der Waals surface area contributed by atoms with Crippen LogP contribution in [0, 0.1) is 0 Å². The zero-order valence-corrected chi connectivity index (χ0v) is 81.3. The Balaban J connectivity index is 0.000000124. The van der Waals surface area contributed by atoms with Gasteiger partial charge in [0.15, 0.2) is 0 Å². The lowest BCUT2D eigenvalue weighted by atomic mass is 9.82. The molecule has 0 aromatic heterocycles. The average Bonchev–Trinajstić information content (AvgIpc) is 0.731. The van der Waals surface area contributed by atoms with Crippen molar-refractivity contribution in [1.82, 2.24) is 0 Å². The fourth-order valence-corrected chi connectivity index (χ4v) is 18.5. The molecule has 0 radical (unpaired) electrons. The molecule has 0 nitrogen and oxygen atoms in total. The van der Waals surface area contributed by atoms with Gasteiger partial charge in [-0.15, -0.1) is 0 Å². The first-order valence-corrected chi connectivity index (χ1v) is 48.6. The van der Waals surface area contributed by atoms with E-state index in [9.17, 15) is 0 Å². The van der Waals surface area contributed by atoms with Crippen molar-refractivity contribution in [2.24, 2.45) is 0 Å². The molecule has 0 aliphatic rings. The molecule has 144 heavy (non-hydrogen) atoms. The molecule has 0 heterocycles. The van der Waals surface area contributed by atoms with Crippen LogP contribution in [0.3, 0.4) is 0 Å². The van der Waals surface area contributed by atoms with Crippen molar-refractivity contribution in [2.75, 3.05) is 0 Å². The van der Waals surface area contributed by atoms with Crippen molar-refractivity contribution in [3.05, 3.63) is 637 Å². The van der Waals surface area contributed by atoms with Crippen LogP contribution in [0.2, 0.25) is 0 Å². The molecule has 690 valence electrons. The summed E-state index contributed by atoms with van der Waals surface area (Å²) >= 11 is 0. The van der Waals surface area contributed by atoms with E-state index in [1.165, 1.54) is 147 Å². The Morgan fingerprint density at radius 3 is 0.757 bits per heavy atom. The van der Waals surface area contributed by atoms with Gasteiger partial charge in [-0.3, -0.25) is 0 Å².